The second kappa shape index (κ2) is 7.24. The molecule has 7 nitrogen and oxygen atoms in total. The van der Waals surface area contributed by atoms with Crippen molar-refractivity contribution < 1.29 is 18.8 Å². The molecule has 0 spiro atoms. The number of amides is 1. The molecular weight excluding hydrogens is 370 g/mol. The van der Waals surface area contributed by atoms with Crippen LogP contribution < -0.4 is 9.47 Å². The predicted molar refractivity (Wildman–Crippen MR) is 105 cm³/mol. The lowest BCUT2D eigenvalue weighted by Crippen LogP contribution is -2.38. The van der Waals surface area contributed by atoms with Crippen LogP contribution in [0.3, 0.4) is 0 Å². The van der Waals surface area contributed by atoms with Gasteiger partial charge >= 0.3 is 0 Å². The van der Waals surface area contributed by atoms with E-state index in [1.165, 1.54) is 5.56 Å². The number of piperidine rings is 1. The molecule has 3 aromatic rings. The Morgan fingerprint density at radius 3 is 2.59 bits per heavy atom. The number of nitrogens with zero attached hydrogens (tertiary/aromatic N) is 3. The van der Waals surface area contributed by atoms with E-state index in [1.807, 2.05) is 36.1 Å². The van der Waals surface area contributed by atoms with Crippen molar-refractivity contribution in [1.82, 2.24) is 15.0 Å². The number of carbonyl (C=O) groups is 1. The molecule has 2 aromatic carbocycles. The number of hydrogen-bond acceptors (Lipinski definition) is 6. The molecular formula is C22H21N3O4. The fourth-order valence-electron chi connectivity index (χ4n) is 3.76. The maximum Gasteiger partial charge on any atom is 0.253 e. The summed E-state index contributed by atoms with van der Waals surface area (Å²) in [5.41, 5.74) is 2.75. The van der Waals surface area contributed by atoms with Crippen molar-refractivity contribution in [3.63, 3.8) is 0 Å². The van der Waals surface area contributed by atoms with Crippen LogP contribution in [0.4, 0.5) is 0 Å². The number of fused-ring (bicyclic) bond motifs is 1. The Bertz CT molecular complexity index is 1040. The van der Waals surface area contributed by atoms with Gasteiger partial charge in [0.05, 0.1) is 0 Å². The van der Waals surface area contributed by atoms with Crippen LogP contribution >= 0.6 is 0 Å². The quantitative estimate of drug-likeness (QED) is 0.676. The first-order chi connectivity index (χ1) is 14.2. The van der Waals surface area contributed by atoms with Crippen LogP contribution in [-0.4, -0.2) is 40.8 Å². The molecule has 0 N–H and O–H groups in total. The maximum absolute atomic E-state index is 12.8. The van der Waals surface area contributed by atoms with Crippen LogP contribution in [0.2, 0.25) is 0 Å². The monoisotopic (exact) mass is 391 g/mol. The van der Waals surface area contributed by atoms with Gasteiger partial charge in [-0.2, -0.15) is 4.98 Å². The third-order valence-electron chi connectivity index (χ3n) is 5.50. The van der Waals surface area contributed by atoms with Crippen LogP contribution in [0.5, 0.6) is 11.5 Å². The summed E-state index contributed by atoms with van der Waals surface area (Å²) in [4.78, 5) is 19.3. The molecule has 1 aromatic heterocycles. The summed E-state index contributed by atoms with van der Waals surface area (Å²) < 4.78 is 16.2. The Balaban J connectivity index is 1.24. The molecule has 0 atom stereocenters. The number of aromatic nitrogens is 2. The molecule has 2 aliphatic rings. The molecule has 7 heteroatoms. The average Bonchev–Trinajstić information content (AvgIpc) is 3.43. The summed E-state index contributed by atoms with van der Waals surface area (Å²) in [5.74, 6) is 2.74. The minimum absolute atomic E-state index is 0.00706. The standard InChI is InChI=1S/C22H21N3O4/c1-14-2-4-15(5-3-14)20-23-21(29-24-20)16-8-10-25(11-9-16)22(26)17-6-7-18-19(12-17)28-13-27-18/h2-7,12,16H,8-11,13H2,1H3. The highest BCUT2D eigenvalue weighted by Gasteiger charge is 2.29. The van der Waals surface area contributed by atoms with Crippen LogP contribution in [0.15, 0.2) is 47.0 Å². The first kappa shape index (κ1) is 17.7. The largest absolute Gasteiger partial charge is 0.454 e. The summed E-state index contributed by atoms with van der Waals surface area (Å²) in [6.45, 7) is 3.55. The highest BCUT2D eigenvalue weighted by Crippen LogP contribution is 2.34. The van der Waals surface area contributed by atoms with E-state index in [1.54, 1.807) is 18.2 Å². The van der Waals surface area contributed by atoms with Gasteiger partial charge in [0.1, 0.15) is 0 Å². The lowest BCUT2D eigenvalue weighted by molar-refractivity contribution is 0.0704. The van der Waals surface area contributed by atoms with E-state index in [-0.39, 0.29) is 18.6 Å². The minimum Gasteiger partial charge on any atom is -0.454 e. The predicted octanol–water partition coefficient (Wildman–Crippen LogP) is 3.79. The van der Waals surface area contributed by atoms with Crippen molar-refractivity contribution >= 4 is 5.91 Å². The zero-order valence-electron chi connectivity index (χ0n) is 16.1. The highest BCUT2D eigenvalue weighted by atomic mass is 16.7. The topological polar surface area (TPSA) is 77.7 Å². The number of rotatable bonds is 3. The Morgan fingerprint density at radius 2 is 1.79 bits per heavy atom. The van der Waals surface area contributed by atoms with E-state index >= 15 is 0 Å². The zero-order valence-corrected chi connectivity index (χ0v) is 16.1. The van der Waals surface area contributed by atoms with Crippen molar-refractivity contribution in [2.24, 2.45) is 0 Å². The fraction of sp³-hybridized carbons (Fsp3) is 0.318. The van der Waals surface area contributed by atoms with E-state index in [0.717, 1.165) is 18.4 Å². The first-order valence-corrected chi connectivity index (χ1v) is 9.77. The summed E-state index contributed by atoms with van der Waals surface area (Å²) in [7, 11) is 0. The van der Waals surface area contributed by atoms with Gasteiger partial charge in [0.25, 0.3) is 5.91 Å². The van der Waals surface area contributed by atoms with Crippen molar-refractivity contribution in [3.05, 3.63) is 59.5 Å². The van der Waals surface area contributed by atoms with Crippen LogP contribution in [0.25, 0.3) is 11.4 Å². The Morgan fingerprint density at radius 1 is 1.03 bits per heavy atom. The molecule has 5 rings (SSSR count). The molecule has 3 heterocycles. The molecule has 0 radical (unpaired) electrons. The lowest BCUT2D eigenvalue weighted by Gasteiger charge is -2.30. The summed E-state index contributed by atoms with van der Waals surface area (Å²) in [6, 6.07) is 13.4. The Kier molecular flexibility index (Phi) is 4.42. The molecule has 1 amide bonds. The van der Waals surface area contributed by atoms with E-state index in [4.69, 9.17) is 14.0 Å². The first-order valence-electron chi connectivity index (χ1n) is 9.77. The van der Waals surface area contributed by atoms with Gasteiger partial charge in [0, 0.05) is 30.1 Å². The van der Waals surface area contributed by atoms with Gasteiger partial charge in [-0.05, 0) is 38.0 Å². The molecule has 2 aliphatic heterocycles. The number of aryl methyl sites for hydroxylation is 1. The van der Waals surface area contributed by atoms with E-state index < -0.39 is 0 Å². The van der Waals surface area contributed by atoms with Gasteiger partial charge in [0.15, 0.2) is 11.5 Å². The molecule has 29 heavy (non-hydrogen) atoms. The second-order valence-corrected chi connectivity index (χ2v) is 7.46. The third-order valence-corrected chi connectivity index (χ3v) is 5.50. The normalized spacial score (nSPS) is 16.2. The van der Waals surface area contributed by atoms with Crippen molar-refractivity contribution in [2.75, 3.05) is 19.9 Å². The summed E-state index contributed by atoms with van der Waals surface area (Å²) >= 11 is 0. The molecule has 1 saturated heterocycles. The average molecular weight is 391 g/mol. The third kappa shape index (κ3) is 3.44. The summed E-state index contributed by atoms with van der Waals surface area (Å²) in [5, 5.41) is 4.13. The summed E-state index contributed by atoms with van der Waals surface area (Å²) in [6.07, 6.45) is 1.59. The maximum atomic E-state index is 12.8. The number of carbonyl (C=O) groups excluding carboxylic acids is 1. The number of hydrogen-bond donors (Lipinski definition) is 0. The van der Waals surface area contributed by atoms with Crippen LogP contribution in [-0.2, 0) is 0 Å². The highest BCUT2D eigenvalue weighted by molar-refractivity contribution is 5.95. The van der Waals surface area contributed by atoms with Gasteiger partial charge in [-0.15, -0.1) is 0 Å². The van der Waals surface area contributed by atoms with Gasteiger partial charge < -0.3 is 18.9 Å². The van der Waals surface area contributed by atoms with Gasteiger partial charge in [-0.25, -0.2) is 0 Å². The number of benzene rings is 2. The minimum atomic E-state index is 0.00706. The molecule has 0 bridgehead atoms. The Labute approximate surface area is 168 Å². The van der Waals surface area contributed by atoms with E-state index in [2.05, 4.69) is 10.1 Å². The van der Waals surface area contributed by atoms with Gasteiger partial charge in [-0.1, -0.05) is 35.0 Å². The Hall–Kier alpha value is -3.35. The van der Waals surface area contributed by atoms with Crippen LogP contribution in [0, 0.1) is 6.92 Å². The molecule has 0 aliphatic carbocycles. The molecule has 0 unspecified atom stereocenters. The van der Waals surface area contributed by atoms with Gasteiger partial charge in [0.2, 0.25) is 18.5 Å². The van der Waals surface area contributed by atoms with E-state index in [0.29, 0.717) is 41.9 Å². The number of likely N-dealkylation sites (tertiary alicyclic amines) is 1. The number of ether oxygens (including phenoxy) is 2. The molecule has 1 fully saturated rings. The van der Waals surface area contributed by atoms with Crippen LogP contribution in [0.1, 0.15) is 40.6 Å². The van der Waals surface area contributed by atoms with Crippen molar-refractivity contribution in [3.8, 4) is 22.9 Å². The SMILES string of the molecule is Cc1ccc(-c2noc(C3CCN(C(=O)c4ccc5c(c4)OCO5)CC3)n2)cc1. The molecule has 0 saturated carbocycles. The zero-order chi connectivity index (χ0) is 19.8. The van der Waals surface area contributed by atoms with Crippen molar-refractivity contribution in [1.29, 1.82) is 0 Å². The lowest BCUT2D eigenvalue weighted by atomic mass is 9.96. The van der Waals surface area contributed by atoms with Gasteiger partial charge in [-0.3, -0.25) is 4.79 Å². The van der Waals surface area contributed by atoms with Crippen molar-refractivity contribution in [2.45, 2.75) is 25.7 Å². The second-order valence-electron chi connectivity index (χ2n) is 7.46. The molecule has 148 valence electrons. The van der Waals surface area contributed by atoms with E-state index in [9.17, 15) is 4.79 Å². The smallest absolute Gasteiger partial charge is 0.253 e. The fourth-order valence-corrected chi connectivity index (χ4v) is 3.76.